The van der Waals surface area contributed by atoms with E-state index < -0.39 is 0 Å². The molecule has 1 heterocycles. The summed E-state index contributed by atoms with van der Waals surface area (Å²) in [7, 11) is 0. The molecule has 4 rings (SSSR count). The van der Waals surface area contributed by atoms with Crippen LogP contribution in [0.5, 0.6) is 0 Å². The monoisotopic (exact) mass is 307 g/mol. The molecule has 1 aliphatic heterocycles. The van der Waals surface area contributed by atoms with Crippen molar-refractivity contribution in [3.05, 3.63) is 52.6 Å². The molecule has 0 spiro atoms. The topological polar surface area (TPSA) is 89.4 Å². The number of nitrogen functional groups attached to an aromatic ring is 2. The maximum Gasteiger partial charge on any atom is 0.196 e. The van der Waals surface area contributed by atoms with Crippen molar-refractivity contribution in [2.75, 3.05) is 29.5 Å². The van der Waals surface area contributed by atoms with Gasteiger partial charge in [-0.25, -0.2) is 0 Å². The van der Waals surface area contributed by atoms with Gasteiger partial charge in [-0.1, -0.05) is 24.3 Å². The standard InChI is InChI=1S/C18H17N3O2/c19-12-9-13(21-7-3-4-8-21)16(20)15-14(12)17(22)10-5-1-2-6-11(10)18(15)23/h1-2,5-6,9H,3-4,7-8,19-20H2. The van der Waals surface area contributed by atoms with Gasteiger partial charge in [0.05, 0.1) is 22.5 Å². The zero-order valence-corrected chi connectivity index (χ0v) is 12.6. The van der Waals surface area contributed by atoms with Crippen LogP contribution in [0.25, 0.3) is 0 Å². The molecule has 5 heteroatoms. The predicted octanol–water partition coefficient (Wildman–Crippen LogP) is 2.23. The van der Waals surface area contributed by atoms with E-state index in [2.05, 4.69) is 4.90 Å². The average molecular weight is 307 g/mol. The highest BCUT2D eigenvalue weighted by Crippen LogP contribution is 2.40. The molecule has 2 aromatic rings. The van der Waals surface area contributed by atoms with Crippen LogP contribution >= 0.6 is 0 Å². The van der Waals surface area contributed by atoms with Gasteiger partial charge in [0.25, 0.3) is 0 Å². The second-order valence-corrected chi connectivity index (χ2v) is 6.05. The quantitative estimate of drug-likeness (QED) is 0.673. The normalized spacial score (nSPS) is 16.4. The van der Waals surface area contributed by atoms with Crippen molar-refractivity contribution < 1.29 is 9.59 Å². The van der Waals surface area contributed by atoms with Crippen LogP contribution in [0.2, 0.25) is 0 Å². The third-order valence-electron chi connectivity index (χ3n) is 4.69. The molecule has 0 bridgehead atoms. The van der Waals surface area contributed by atoms with E-state index in [0.717, 1.165) is 31.6 Å². The SMILES string of the molecule is Nc1cc(N2CCCC2)c(N)c2c1C(=O)c1ccccc1C2=O. The minimum absolute atomic E-state index is 0.222. The first kappa shape index (κ1) is 13.8. The molecule has 5 nitrogen and oxygen atoms in total. The smallest absolute Gasteiger partial charge is 0.196 e. The molecule has 0 aromatic heterocycles. The Hall–Kier alpha value is -2.82. The Morgan fingerprint density at radius 1 is 0.870 bits per heavy atom. The second kappa shape index (κ2) is 4.84. The first-order valence-corrected chi connectivity index (χ1v) is 7.75. The van der Waals surface area contributed by atoms with Crippen LogP contribution in [-0.2, 0) is 0 Å². The Balaban J connectivity index is 1.97. The number of anilines is 3. The lowest BCUT2D eigenvalue weighted by Gasteiger charge is -2.26. The number of ketones is 2. The van der Waals surface area contributed by atoms with Crippen molar-refractivity contribution in [2.45, 2.75) is 12.8 Å². The highest BCUT2D eigenvalue weighted by Gasteiger charge is 2.34. The average Bonchev–Trinajstić information content (AvgIpc) is 3.08. The van der Waals surface area contributed by atoms with Crippen molar-refractivity contribution in [3.63, 3.8) is 0 Å². The number of fused-ring (bicyclic) bond motifs is 2. The van der Waals surface area contributed by atoms with E-state index >= 15 is 0 Å². The Morgan fingerprint density at radius 2 is 1.43 bits per heavy atom. The van der Waals surface area contributed by atoms with Crippen LogP contribution in [0.3, 0.4) is 0 Å². The molecular formula is C18H17N3O2. The van der Waals surface area contributed by atoms with Crippen molar-refractivity contribution in [3.8, 4) is 0 Å². The number of benzene rings is 2. The van der Waals surface area contributed by atoms with E-state index in [1.165, 1.54) is 0 Å². The lowest BCUT2D eigenvalue weighted by atomic mass is 9.82. The Morgan fingerprint density at radius 3 is 2.04 bits per heavy atom. The molecule has 23 heavy (non-hydrogen) atoms. The van der Waals surface area contributed by atoms with Crippen LogP contribution in [0.15, 0.2) is 30.3 Å². The summed E-state index contributed by atoms with van der Waals surface area (Å²) in [5, 5.41) is 0. The molecule has 1 saturated heterocycles. The van der Waals surface area contributed by atoms with Gasteiger partial charge < -0.3 is 16.4 Å². The molecule has 0 unspecified atom stereocenters. The number of carbonyl (C=O) groups excluding carboxylic acids is 2. The Kier molecular flexibility index (Phi) is 2.91. The third-order valence-corrected chi connectivity index (χ3v) is 4.69. The van der Waals surface area contributed by atoms with Crippen LogP contribution < -0.4 is 16.4 Å². The molecule has 0 amide bonds. The molecule has 1 fully saturated rings. The summed E-state index contributed by atoms with van der Waals surface area (Å²) >= 11 is 0. The first-order valence-electron chi connectivity index (χ1n) is 7.75. The molecule has 0 saturated carbocycles. The zero-order valence-electron chi connectivity index (χ0n) is 12.6. The molecule has 116 valence electrons. The number of carbonyl (C=O) groups is 2. The highest BCUT2D eigenvalue weighted by atomic mass is 16.1. The maximum absolute atomic E-state index is 12.9. The van der Waals surface area contributed by atoms with Gasteiger partial charge in [-0.05, 0) is 18.9 Å². The van der Waals surface area contributed by atoms with Gasteiger partial charge in [0.15, 0.2) is 11.6 Å². The van der Waals surface area contributed by atoms with Gasteiger partial charge in [-0.2, -0.15) is 0 Å². The summed E-state index contributed by atoms with van der Waals surface area (Å²) in [6.45, 7) is 1.78. The summed E-state index contributed by atoms with van der Waals surface area (Å²) in [4.78, 5) is 27.8. The molecule has 2 aliphatic rings. The number of nitrogens with zero attached hydrogens (tertiary/aromatic N) is 1. The second-order valence-electron chi connectivity index (χ2n) is 6.05. The zero-order chi connectivity index (χ0) is 16.1. The summed E-state index contributed by atoms with van der Waals surface area (Å²) in [5.74, 6) is -0.451. The number of hydrogen-bond donors (Lipinski definition) is 2. The predicted molar refractivity (Wildman–Crippen MR) is 90.0 cm³/mol. The largest absolute Gasteiger partial charge is 0.398 e. The minimum atomic E-state index is -0.229. The van der Waals surface area contributed by atoms with Crippen molar-refractivity contribution in [2.24, 2.45) is 0 Å². The van der Waals surface area contributed by atoms with Crippen LogP contribution in [0.1, 0.15) is 44.7 Å². The maximum atomic E-state index is 12.9. The number of nitrogens with two attached hydrogens (primary N) is 2. The molecule has 2 aromatic carbocycles. The van der Waals surface area contributed by atoms with Gasteiger partial charge in [-0.3, -0.25) is 9.59 Å². The fourth-order valence-corrected chi connectivity index (χ4v) is 3.55. The van der Waals surface area contributed by atoms with Gasteiger partial charge in [0.1, 0.15) is 0 Å². The highest BCUT2D eigenvalue weighted by molar-refractivity contribution is 6.32. The van der Waals surface area contributed by atoms with Crippen molar-refractivity contribution in [1.29, 1.82) is 0 Å². The van der Waals surface area contributed by atoms with E-state index in [-0.39, 0.29) is 22.7 Å². The van der Waals surface area contributed by atoms with Crippen LogP contribution in [-0.4, -0.2) is 24.7 Å². The fraction of sp³-hybridized carbons (Fsp3) is 0.222. The molecule has 4 N–H and O–H groups in total. The van der Waals surface area contributed by atoms with Gasteiger partial charge in [0.2, 0.25) is 0 Å². The minimum Gasteiger partial charge on any atom is -0.398 e. The Labute approximate surface area is 133 Å². The first-order chi connectivity index (χ1) is 11.1. The van der Waals surface area contributed by atoms with Crippen LogP contribution in [0, 0.1) is 0 Å². The molecule has 1 aliphatic carbocycles. The molecular weight excluding hydrogens is 290 g/mol. The van der Waals surface area contributed by atoms with E-state index in [1.54, 1.807) is 30.3 Å². The van der Waals surface area contributed by atoms with Crippen LogP contribution in [0.4, 0.5) is 17.1 Å². The lowest BCUT2D eigenvalue weighted by Crippen LogP contribution is -2.27. The Bertz CT molecular complexity index is 852. The summed E-state index contributed by atoms with van der Waals surface area (Å²) in [6, 6.07) is 8.55. The van der Waals surface area contributed by atoms with Gasteiger partial charge in [0, 0.05) is 29.9 Å². The van der Waals surface area contributed by atoms with Gasteiger partial charge in [-0.15, -0.1) is 0 Å². The van der Waals surface area contributed by atoms with Crippen molar-refractivity contribution >= 4 is 28.6 Å². The van der Waals surface area contributed by atoms with E-state index in [1.807, 2.05) is 0 Å². The van der Waals surface area contributed by atoms with E-state index in [0.29, 0.717) is 22.5 Å². The fourth-order valence-electron chi connectivity index (χ4n) is 3.55. The summed E-state index contributed by atoms with van der Waals surface area (Å²) < 4.78 is 0. The van der Waals surface area contributed by atoms with E-state index in [4.69, 9.17) is 11.5 Å². The van der Waals surface area contributed by atoms with E-state index in [9.17, 15) is 9.59 Å². The number of hydrogen-bond acceptors (Lipinski definition) is 5. The summed E-state index contributed by atoms with van der Waals surface area (Å²) in [6.07, 6.45) is 2.18. The number of rotatable bonds is 1. The molecule has 0 atom stereocenters. The summed E-state index contributed by atoms with van der Waals surface area (Å²) in [5.41, 5.74) is 15.2. The molecule has 0 radical (unpaired) electrons. The van der Waals surface area contributed by atoms with Crippen molar-refractivity contribution in [1.82, 2.24) is 0 Å². The lowest BCUT2D eigenvalue weighted by molar-refractivity contribution is 0.0980. The third kappa shape index (κ3) is 1.86. The van der Waals surface area contributed by atoms with Gasteiger partial charge >= 0.3 is 0 Å².